The van der Waals surface area contributed by atoms with E-state index >= 15 is 0 Å². The molecule has 0 radical (unpaired) electrons. The van der Waals surface area contributed by atoms with Gasteiger partial charge in [-0.2, -0.15) is 18.3 Å². The lowest BCUT2D eigenvalue weighted by atomic mass is 10.2. The number of nitrogens with zero attached hydrogens (tertiary/aromatic N) is 3. The van der Waals surface area contributed by atoms with Gasteiger partial charge in [0.15, 0.2) is 5.69 Å². The predicted octanol–water partition coefficient (Wildman–Crippen LogP) is 3.45. The zero-order valence-electron chi connectivity index (χ0n) is 13.2. The Morgan fingerprint density at radius 3 is 2.22 bits per heavy atom. The molecule has 140 valence electrons. The lowest BCUT2D eigenvalue weighted by Gasteiger charge is -2.13. The third kappa shape index (κ3) is 3.56. The highest BCUT2D eigenvalue weighted by Gasteiger charge is 2.40. The van der Waals surface area contributed by atoms with E-state index in [4.69, 9.17) is 28.9 Å². The molecule has 2 N–H and O–H groups in total. The summed E-state index contributed by atoms with van der Waals surface area (Å²) >= 11 is 11.7. The molecule has 3 aromatic rings. The lowest BCUT2D eigenvalue weighted by Crippen LogP contribution is -2.21. The van der Waals surface area contributed by atoms with Crippen molar-refractivity contribution in [2.75, 3.05) is 0 Å². The van der Waals surface area contributed by atoms with Gasteiger partial charge in [0.1, 0.15) is 0 Å². The first-order valence-electron chi connectivity index (χ1n) is 7.23. The summed E-state index contributed by atoms with van der Waals surface area (Å²) in [6, 6.07) is 6.51. The molecule has 0 fully saturated rings. The zero-order valence-corrected chi connectivity index (χ0v) is 14.7. The van der Waals surface area contributed by atoms with Crippen LogP contribution in [0.2, 0.25) is 10.0 Å². The largest absolute Gasteiger partial charge is 0.434 e. The monoisotopic (exact) mass is 416 g/mol. The Morgan fingerprint density at radius 1 is 1.07 bits per heavy atom. The van der Waals surface area contributed by atoms with E-state index in [9.17, 15) is 22.8 Å². The molecule has 0 atom stereocenters. The average molecular weight is 417 g/mol. The molecular formula is C16H9Cl2F3N4O2. The molecular weight excluding hydrogens is 408 g/mol. The molecule has 0 spiro atoms. The highest BCUT2D eigenvalue weighted by atomic mass is 35.5. The molecule has 0 bridgehead atoms. The molecule has 1 amide bonds. The number of primary amides is 1. The summed E-state index contributed by atoms with van der Waals surface area (Å²) < 4.78 is 41.7. The van der Waals surface area contributed by atoms with Crippen LogP contribution in [0.15, 0.2) is 47.5 Å². The van der Waals surface area contributed by atoms with E-state index in [1.54, 1.807) is 0 Å². The van der Waals surface area contributed by atoms with Crippen LogP contribution in [-0.4, -0.2) is 20.3 Å². The van der Waals surface area contributed by atoms with Gasteiger partial charge in [-0.25, -0.2) is 4.68 Å². The zero-order chi connectivity index (χ0) is 19.9. The summed E-state index contributed by atoms with van der Waals surface area (Å²) in [5.74, 6) is -1.24. The van der Waals surface area contributed by atoms with Crippen molar-refractivity contribution >= 4 is 29.1 Å². The SMILES string of the molecule is NC(=O)c1cnn(-c2ccc(-n3cc(Cl)c(Cl)cc3=O)cc2)c1C(F)(F)F. The Labute approximate surface area is 159 Å². The van der Waals surface area contributed by atoms with Gasteiger partial charge in [-0.1, -0.05) is 23.2 Å². The van der Waals surface area contributed by atoms with E-state index in [-0.39, 0.29) is 15.7 Å². The molecule has 11 heteroatoms. The molecule has 2 heterocycles. The van der Waals surface area contributed by atoms with Crippen LogP contribution in [0, 0.1) is 0 Å². The van der Waals surface area contributed by atoms with Gasteiger partial charge in [0.2, 0.25) is 0 Å². The molecule has 0 unspecified atom stereocenters. The van der Waals surface area contributed by atoms with Crippen LogP contribution in [0.5, 0.6) is 0 Å². The summed E-state index contributed by atoms with van der Waals surface area (Å²) in [7, 11) is 0. The van der Waals surface area contributed by atoms with Crippen LogP contribution in [0.3, 0.4) is 0 Å². The minimum absolute atomic E-state index is 0.0201. The number of carbonyl (C=O) groups is 1. The summed E-state index contributed by atoms with van der Waals surface area (Å²) in [5, 5.41) is 3.83. The second-order valence-corrected chi connectivity index (χ2v) is 6.19. The lowest BCUT2D eigenvalue weighted by molar-refractivity contribution is -0.143. The molecule has 0 aliphatic carbocycles. The Morgan fingerprint density at radius 2 is 1.67 bits per heavy atom. The Balaban J connectivity index is 2.09. The summed E-state index contributed by atoms with van der Waals surface area (Å²) in [6.45, 7) is 0. The number of rotatable bonds is 3. The third-order valence-electron chi connectivity index (χ3n) is 3.63. The Kier molecular flexibility index (Phi) is 4.75. The van der Waals surface area contributed by atoms with Gasteiger partial charge >= 0.3 is 6.18 Å². The highest BCUT2D eigenvalue weighted by molar-refractivity contribution is 6.41. The molecule has 6 nitrogen and oxygen atoms in total. The number of halogens is 5. The fourth-order valence-electron chi connectivity index (χ4n) is 2.44. The van der Waals surface area contributed by atoms with E-state index in [0.29, 0.717) is 10.4 Å². The van der Waals surface area contributed by atoms with Crippen LogP contribution in [0.1, 0.15) is 16.1 Å². The normalized spacial score (nSPS) is 11.6. The number of carbonyl (C=O) groups excluding carboxylic acids is 1. The van der Waals surface area contributed by atoms with Crippen molar-refractivity contribution in [2.45, 2.75) is 6.18 Å². The number of hydrogen-bond acceptors (Lipinski definition) is 3. The van der Waals surface area contributed by atoms with Gasteiger partial charge in [0.05, 0.1) is 27.5 Å². The van der Waals surface area contributed by atoms with Crippen LogP contribution < -0.4 is 11.3 Å². The van der Waals surface area contributed by atoms with Gasteiger partial charge in [-0.3, -0.25) is 14.2 Å². The molecule has 3 rings (SSSR count). The van der Waals surface area contributed by atoms with Crippen molar-refractivity contribution in [1.82, 2.24) is 14.3 Å². The molecule has 0 aliphatic heterocycles. The fourth-order valence-corrected chi connectivity index (χ4v) is 2.73. The second kappa shape index (κ2) is 6.75. The number of aromatic nitrogens is 3. The summed E-state index contributed by atoms with van der Waals surface area (Å²) in [5.41, 5.74) is 2.86. The standard InChI is InChI=1S/C16H9Cl2F3N4O2/c17-11-5-13(26)24(7-12(11)18)8-1-3-9(4-2-8)25-14(16(19,20)21)10(6-23-25)15(22)27/h1-7H,(H2,22,27). The van der Waals surface area contributed by atoms with E-state index in [2.05, 4.69) is 5.10 Å². The number of benzene rings is 1. The fraction of sp³-hybridized carbons (Fsp3) is 0.0625. The Bertz CT molecular complexity index is 1090. The molecule has 0 aliphatic rings. The van der Waals surface area contributed by atoms with Crippen LogP contribution in [0.4, 0.5) is 13.2 Å². The third-order valence-corrected chi connectivity index (χ3v) is 4.34. The van der Waals surface area contributed by atoms with Crippen molar-refractivity contribution in [1.29, 1.82) is 0 Å². The van der Waals surface area contributed by atoms with Crippen LogP contribution in [-0.2, 0) is 6.18 Å². The highest BCUT2D eigenvalue weighted by Crippen LogP contribution is 2.33. The van der Waals surface area contributed by atoms with Gasteiger partial charge < -0.3 is 5.73 Å². The Hall–Kier alpha value is -2.78. The van der Waals surface area contributed by atoms with E-state index in [1.165, 1.54) is 35.0 Å². The molecule has 27 heavy (non-hydrogen) atoms. The summed E-state index contributed by atoms with van der Waals surface area (Å²) in [4.78, 5) is 23.3. The number of hydrogen-bond donors (Lipinski definition) is 1. The minimum Gasteiger partial charge on any atom is -0.365 e. The number of amides is 1. The summed E-state index contributed by atoms with van der Waals surface area (Å²) in [6.07, 6.45) is -2.80. The van der Waals surface area contributed by atoms with E-state index < -0.39 is 28.9 Å². The number of alkyl halides is 3. The first-order valence-corrected chi connectivity index (χ1v) is 7.98. The van der Waals surface area contributed by atoms with E-state index in [1.807, 2.05) is 0 Å². The molecule has 2 aromatic heterocycles. The van der Waals surface area contributed by atoms with Crippen molar-refractivity contribution in [3.63, 3.8) is 0 Å². The van der Waals surface area contributed by atoms with Crippen molar-refractivity contribution in [3.05, 3.63) is 74.4 Å². The first-order chi connectivity index (χ1) is 12.6. The van der Waals surface area contributed by atoms with Crippen molar-refractivity contribution in [3.8, 4) is 11.4 Å². The molecule has 1 aromatic carbocycles. The van der Waals surface area contributed by atoms with Crippen molar-refractivity contribution < 1.29 is 18.0 Å². The average Bonchev–Trinajstić information content (AvgIpc) is 3.04. The number of pyridine rings is 1. The molecule has 0 saturated carbocycles. The maximum atomic E-state index is 13.3. The number of nitrogens with two attached hydrogens (primary N) is 1. The quantitative estimate of drug-likeness (QED) is 0.709. The predicted molar refractivity (Wildman–Crippen MR) is 92.7 cm³/mol. The second-order valence-electron chi connectivity index (χ2n) is 5.37. The van der Waals surface area contributed by atoms with Gasteiger partial charge in [0, 0.05) is 18.0 Å². The van der Waals surface area contributed by atoms with Gasteiger partial charge in [-0.05, 0) is 24.3 Å². The van der Waals surface area contributed by atoms with Crippen LogP contribution in [0.25, 0.3) is 11.4 Å². The van der Waals surface area contributed by atoms with Crippen LogP contribution >= 0.6 is 23.2 Å². The minimum atomic E-state index is -4.85. The van der Waals surface area contributed by atoms with E-state index in [0.717, 1.165) is 12.3 Å². The molecule has 0 saturated heterocycles. The topological polar surface area (TPSA) is 82.9 Å². The first kappa shape index (κ1) is 19.0. The van der Waals surface area contributed by atoms with Gasteiger partial charge in [0.25, 0.3) is 11.5 Å². The maximum absolute atomic E-state index is 13.3. The maximum Gasteiger partial charge on any atom is 0.434 e. The van der Waals surface area contributed by atoms with Crippen molar-refractivity contribution in [2.24, 2.45) is 5.73 Å². The smallest absolute Gasteiger partial charge is 0.365 e. The van der Waals surface area contributed by atoms with Gasteiger partial charge in [-0.15, -0.1) is 0 Å².